The summed E-state index contributed by atoms with van der Waals surface area (Å²) >= 11 is 6.27. The van der Waals surface area contributed by atoms with Gasteiger partial charge >= 0.3 is 0 Å². The lowest BCUT2D eigenvalue weighted by Crippen LogP contribution is -2.27. The highest BCUT2D eigenvalue weighted by Gasteiger charge is 2.24. The van der Waals surface area contributed by atoms with Crippen molar-refractivity contribution in [1.82, 2.24) is 9.55 Å². The van der Waals surface area contributed by atoms with Crippen LogP contribution in [0.2, 0.25) is 5.02 Å². The third-order valence-corrected chi connectivity index (χ3v) is 5.84. The minimum absolute atomic E-state index is 0.0545. The fourth-order valence-corrected chi connectivity index (χ4v) is 4.24. The quantitative estimate of drug-likeness (QED) is 0.400. The van der Waals surface area contributed by atoms with Crippen molar-refractivity contribution in [2.75, 3.05) is 5.32 Å². The summed E-state index contributed by atoms with van der Waals surface area (Å²) in [5.74, 6) is -0.460. The van der Waals surface area contributed by atoms with Crippen molar-refractivity contribution in [1.29, 1.82) is 0 Å². The van der Waals surface area contributed by atoms with E-state index in [1.165, 1.54) is 6.07 Å². The zero-order chi connectivity index (χ0) is 23.5. The molecule has 0 radical (unpaired) electrons. The first-order chi connectivity index (χ1) is 15.9. The van der Waals surface area contributed by atoms with Crippen LogP contribution in [0.25, 0.3) is 16.9 Å². The number of aryl methyl sites for hydroxylation is 3. The van der Waals surface area contributed by atoms with Crippen LogP contribution in [0.1, 0.15) is 34.1 Å². The fraction of sp³-hybridized carbons (Fsp3) is 0.148. The van der Waals surface area contributed by atoms with E-state index in [0.29, 0.717) is 22.0 Å². The van der Waals surface area contributed by atoms with Crippen LogP contribution in [0, 0.1) is 13.8 Å². The smallest absolute Gasteiger partial charge is 0.261 e. The predicted molar refractivity (Wildman–Crippen MR) is 134 cm³/mol. The van der Waals surface area contributed by atoms with E-state index in [1.54, 1.807) is 30.6 Å². The number of hydrogen-bond donors (Lipinski definition) is 1. The minimum Gasteiger partial charge on any atom is -0.321 e. The van der Waals surface area contributed by atoms with Crippen molar-refractivity contribution in [2.45, 2.75) is 27.2 Å². The highest BCUT2D eigenvalue weighted by Crippen LogP contribution is 2.29. The molecule has 4 aromatic rings. The molecule has 5 nitrogen and oxygen atoms in total. The molecule has 0 aliphatic carbocycles. The number of nitrogens with one attached hydrogen (secondary N) is 1. The third kappa shape index (κ3) is 4.45. The molecule has 1 N–H and O–H groups in total. The number of amides is 1. The van der Waals surface area contributed by atoms with Gasteiger partial charge in [0.05, 0.1) is 5.69 Å². The Labute approximate surface area is 197 Å². The van der Waals surface area contributed by atoms with Gasteiger partial charge in [0.2, 0.25) is 0 Å². The molecule has 1 amide bonds. The number of rotatable bonds is 5. The van der Waals surface area contributed by atoms with Crippen LogP contribution < -0.4 is 10.7 Å². The molecule has 2 heterocycles. The van der Waals surface area contributed by atoms with Crippen LogP contribution in [0.4, 0.5) is 5.69 Å². The lowest BCUT2D eigenvalue weighted by atomic mass is 10.0. The van der Waals surface area contributed by atoms with E-state index in [9.17, 15) is 9.59 Å². The molecule has 166 valence electrons. The summed E-state index contributed by atoms with van der Waals surface area (Å²) in [6.07, 6.45) is 4.06. The van der Waals surface area contributed by atoms with Crippen LogP contribution in [0.15, 0.2) is 77.9 Å². The summed E-state index contributed by atoms with van der Waals surface area (Å²) in [7, 11) is 0. The summed E-state index contributed by atoms with van der Waals surface area (Å²) in [4.78, 5) is 31.1. The van der Waals surface area contributed by atoms with E-state index in [2.05, 4.69) is 10.3 Å². The molecular weight excluding hydrogens is 434 g/mol. The second-order valence-corrected chi connectivity index (χ2v) is 8.28. The molecule has 0 bridgehead atoms. The number of pyridine rings is 2. The number of carbonyl (C=O) groups excluding carboxylic acids is 1. The second-order valence-electron chi connectivity index (χ2n) is 7.85. The Balaban J connectivity index is 1.98. The summed E-state index contributed by atoms with van der Waals surface area (Å²) in [5, 5.41) is 3.56. The van der Waals surface area contributed by atoms with Crippen LogP contribution in [-0.2, 0) is 6.42 Å². The Morgan fingerprint density at radius 2 is 1.85 bits per heavy atom. The number of para-hydroxylation sites is 1. The predicted octanol–water partition coefficient (Wildman–Crippen LogP) is 5.98. The van der Waals surface area contributed by atoms with Gasteiger partial charge in [-0.3, -0.25) is 14.6 Å². The van der Waals surface area contributed by atoms with E-state index in [-0.39, 0.29) is 11.0 Å². The van der Waals surface area contributed by atoms with E-state index in [1.807, 2.05) is 61.7 Å². The molecule has 0 fully saturated rings. The average molecular weight is 458 g/mol. The molecular formula is C27H24ClN3O2. The van der Waals surface area contributed by atoms with E-state index >= 15 is 0 Å². The monoisotopic (exact) mass is 457 g/mol. The van der Waals surface area contributed by atoms with Gasteiger partial charge in [-0.15, -0.1) is 0 Å². The first-order valence-electron chi connectivity index (χ1n) is 10.7. The first kappa shape index (κ1) is 22.5. The molecule has 2 aromatic carbocycles. The number of aromatic nitrogens is 2. The van der Waals surface area contributed by atoms with Crippen molar-refractivity contribution >= 4 is 23.2 Å². The van der Waals surface area contributed by atoms with Gasteiger partial charge in [-0.1, -0.05) is 42.8 Å². The molecule has 33 heavy (non-hydrogen) atoms. The summed E-state index contributed by atoms with van der Waals surface area (Å²) in [5.41, 5.74) is 4.94. The molecule has 0 saturated carbocycles. The van der Waals surface area contributed by atoms with Crippen LogP contribution in [0.3, 0.4) is 0 Å². The van der Waals surface area contributed by atoms with Gasteiger partial charge in [0.1, 0.15) is 5.56 Å². The minimum atomic E-state index is -0.460. The summed E-state index contributed by atoms with van der Waals surface area (Å²) in [6, 6.07) is 18.3. The molecule has 6 heteroatoms. The van der Waals surface area contributed by atoms with Crippen LogP contribution in [0.5, 0.6) is 0 Å². The SMILES string of the molecule is CCc1cccc(C)c1NC(=O)c1c(-c2cccnc2)n(-c2cccc(Cl)c2)c(C)cc1=O. The molecule has 4 rings (SSSR count). The van der Waals surface area contributed by atoms with Crippen molar-refractivity contribution in [2.24, 2.45) is 0 Å². The maximum atomic E-state index is 13.6. The number of hydrogen-bond acceptors (Lipinski definition) is 3. The summed E-state index contributed by atoms with van der Waals surface area (Å²) < 4.78 is 1.87. The van der Waals surface area contributed by atoms with Gasteiger partial charge in [0.25, 0.3) is 5.91 Å². The number of carbonyl (C=O) groups is 1. The van der Waals surface area contributed by atoms with Gasteiger partial charge in [-0.05, 0) is 61.7 Å². The van der Waals surface area contributed by atoms with Crippen molar-refractivity contribution in [3.05, 3.63) is 111 Å². The highest BCUT2D eigenvalue weighted by molar-refractivity contribution is 6.30. The molecule has 0 saturated heterocycles. The number of anilines is 1. The highest BCUT2D eigenvalue weighted by atomic mass is 35.5. The fourth-order valence-electron chi connectivity index (χ4n) is 4.05. The Morgan fingerprint density at radius 3 is 2.55 bits per heavy atom. The Kier molecular flexibility index (Phi) is 6.43. The van der Waals surface area contributed by atoms with E-state index in [4.69, 9.17) is 11.6 Å². The van der Waals surface area contributed by atoms with E-state index in [0.717, 1.165) is 28.9 Å². The van der Waals surface area contributed by atoms with Crippen molar-refractivity contribution in [3.63, 3.8) is 0 Å². The molecule has 0 spiro atoms. The van der Waals surface area contributed by atoms with Crippen LogP contribution >= 0.6 is 11.6 Å². The zero-order valence-corrected chi connectivity index (χ0v) is 19.5. The number of benzene rings is 2. The van der Waals surface area contributed by atoms with Crippen molar-refractivity contribution in [3.8, 4) is 16.9 Å². The zero-order valence-electron chi connectivity index (χ0n) is 18.7. The van der Waals surface area contributed by atoms with Gasteiger partial charge in [-0.25, -0.2) is 0 Å². The molecule has 0 aliphatic heterocycles. The van der Waals surface area contributed by atoms with Gasteiger partial charge in [-0.2, -0.15) is 0 Å². The van der Waals surface area contributed by atoms with Gasteiger partial charge in [0.15, 0.2) is 5.43 Å². The Morgan fingerprint density at radius 1 is 1.06 bits per heavy atom. The first-order valence-corrected chi connectivity index (χ1v) is 11.1. The van der Waals surface area contributed by atoms with Crippen LogP contribution in [-0.4, -0.2) is 15.5 Å². The third-order valence-electron chi connectivity index (χ3n) is 5.61. The normalized spacial score (nSPS) is 10.8. The Bertz CT molecular complexity index is 1390. The lowest BCUT2D eigenvalue weighted by Gasteiger charge is -2.21. The van der Waals surface area contributed by atoms with E-state index < -0.39 is 5.91 Å². The Hall–Kier alpha value is -3.70. The standard InChI is InChI=1S/C27H24ClN3O2/c1-4-19-9-5-8-17(2)25(19)30-27(33)24-23(32)14-18(3)31(22-12-6-11-21(28)15-22)26(24)20-10-7-13-29-16-20/h5-16H,4H2,1-3H3,(H,30,33). The average Bonchev–Trinajstić information content (AvgIpc) is 2.80. The summed E-state index contributed by atoms with van der Waals surface area (Å²) in [6.45, 7) is 5.81. The molecule has 0 unspecified atom stereocenters. The second kappa shape index (κ2) is 9.43. The maximum absolute atomic E-state index is 13.6. The largest absolute Gasteiger partial charge is 0.321 e. The van der Waals surface area contributed by atoms with Gasteiger partial charge in [0, 0.05) is 46.1 Å². The topological polar surface area (TPSA) is 64.0 Å². The molecule has 0 atom stereocenters. The van der Waals surface area contributed by atoms with Crippen molar-refractivity contribution < 1.29 is 4.79 Å². The lowest BCUT2D eigenvalue weighted by molar-refractivity contribution is 0.102. The van der Waals surface area contributed by atoms with Gasteiger partial charge < -0.3 is 9.88 Å². The molecule has 2 aromatic heterocycles. The maximum Gasteiger partial charge on any atom is 0.261 e. The number of nitrogens with zero attached hydrogens (tertiary/aromatic N) is 2. The molecule has 0 aliphatic rings. The number of halogens is 1.